The third-order valence-corrected chi connectivity index (χ3v) is 4.25. The number of rotatable bonds is 5. The van der Waals surface area contributed by atoms with E-state index in [1.165, 1.54) is 0 Å². The number of amides is 2. The molecule has 7 nitrogen and oxygen atoms in total. The lowest BCUT2D eigenvalue weighted by atomic mass is 10.1. The van der Waals surface area contributed by atoms with E-state index in [0.717, 1.165) is 10.7 Å². The van der Waals surface area contributed by atoms with Gasteiger partial charge in [0.1, 0.15) is 0 Å². The molecule has 3 rings (SSSR count). The van der Waals surface area contributed by atoms with Gasteiger partial charge in [-0.15, -0.1) is 0 Å². The van der Waals surface area contributed by atoms with Crippen molar-refractivity contribution in [3.05, 3.63) is 69.9 Å². The first-order valence-electron chi connectivity index (χ1n) is 8.93. The number of fused-ring (bicyclic) bond motifs is 1. The number of nitrogens with one attached hydrogen (secondary N) is 2. The van der Waals surface area contributed by atoms with Gasteiger partial charge in [0.2, 0.25) is 5.91 Å². The third kappa shape index (κ3) is 4.02. The Balaban J connectivity index is 1.81. The second-order valence-electron chi connectivity index (χ2n) is 6.69. The van der Waals surface area contributed by atoms with Gasteiger partial charge in [0.15, 0.2) is 23.1 Å². The summed E-state index contributed by atoms with van der Waals surface area (Å²) in [6.07, 6.45) is 0. The van der Waals surface area contributed by atoms with Crippen LogP contribution >= 0.6 is 0 Å². The lowest BCUT2D eigenvalue weighted by Gasteiger charge is -2.13. The van der Waals surface area contributed by atoms with Crippen molar-refractivity contribution < 1.29 is 22.8 Å². The average Bonchev–Trinajstić information content (AvgIpc) is 2.72. The molecule has 0 aliphatic heterocycles. The van der Waals surface area contributed by atoms with E-state index in [9.17, 15) is 27.6 Å². The summed E-state index contributed by atoms with van der Waals surface area (Å²) in [6, 6.07) is 7.62. The number of anilines is 1. The number of hydrogen-bond acceptors (Lipinski definition) is 4. The highest BCUT2D eigenvalue weighted by atomic mass is 19.2. The molecule has 0 aliphatic carbocycles. The molecule has 30 heavy (non-hydrogen) atoms. The van der Waals surface area contributed by atoms with Gasteiger partial charge in [-0.25, -0.2) is 17.9 Å². The molecule has 0 saturated heterocycles. The summed E-state index contributed by atoms with van der Waals surface area (Å²) in [5.41, 5.74) is -0.987. The first-order valence-corrected chi connectivity index (χ1v) is 8.93. The highest BCUT2D eigenvalue weighted by molar-refractivity contribution is 6.06. The Kier molecular flexibility index (Phi) is 5.86. The largest absolute Gasteiger partial charge is 0.342 e. The molecule has 10 heteroatoms. The zero-order valence-electron chi connectivity index (χ0n) is 16.0. The van der Waals surface area contributed by atoms with E-state index in [0.29, 0.717) is 16.8 Å². The second-order valence-corrected chi connectivity index (χ2v) is 6.69. The van der Waals surface area contributed by atoms with Crippen LogP contribution in [0.15, 0.2) is 41.2 Å². The van der Waals surface area contributed by atoms with E-state index in [1.54, 1.807) is 38.1 Å². The summed E-state index contributed by atoms with van der Waals surface area (Å²) in [6.45, 7) is 2.87. The molecule has 0 unspecified atom stereocenters. The standard InChI is InChI=1S/C20H17F3N4O3/c1-10(2)27-20(30)12-6-4-3-5-11(12)18(26-27)19(29)24-9-15(28)25-14-8-7-13(21)16(22)17(14)23/h3-8,10H,9H2,1-2H3,(H,24,29)(H,25,28). The first-order chi connectivity index (χ1) is 14.2. The lowest BCUT2D eigenvalue weighted by molar-refractivity contribution is -0.115. The van der Waals surface area contributed by atoms with Gasteiger partial charge in [-0.3, -0.25) is 14.4 Å². The molecule has 0 radical (unpaired) electrons. The summed E-state index contributed by atoms with van der Waals surface area (Å²) >= 11 is 0. The van der Waals surface area contributed by atoms with Crippen LogP contribution in [0.1, 0.15) is 30.4 Å². The second kappa shape index (κ2) is 8.36. The fourth-order valence-corrected chi connectivity index (χ4v) is 2.79. The monoisotopic (exact) mass is 418 g/mol. The topological polar surface area (TPSA) is 93.1 Å². The molecule has 0 bridgehead atoms. The predicted molar refractivity (Wildman–Crippen MR) is 104 cm³/mol. The Hall–Kier alpha value is -3.69. The van der Waals surface area contributed by atoms with Gasteiger partial charge in [-0.1, -0.05) is 18.2 Å². The molecule has 2 aromatic carbocycles. The molecular formula is C20H17F3N4O3. The van der Waals surface area contributed by atoms with Crippen molar-refractivity contribution >= 4 is 28.3 Å². The molecule has 0 atom stereocenters. The number of halogens is 3. The zero-order chi connectivity index (χ0) is 22.0. The van der Waals surface area contributed by atoms with Crippen LogP contribution in [0.4, 0.5) is 18.9 Å². The molecular weight excluding hydrogens is 401 g/mol. The highest BCUT2D eigenvalue weighted by Crippen LogP contribution is 2.19. The minimum absolute atomic E-state index is 0.0642. The van der Waals surface area contributed by atoms with Crippen molar-refractivity contribution in [2.45, 2.75) is 19.9 Å². The van der Waals surface area contributed by atoms with E-state index in [1.807, 2.05) is 0 Å². The van der Waals surface area contributed by atoms with Crippen LogP contribution in [0.5, 0.6) is 0 Å². The maximum atomic E-state index is 13.7. The smallest absolute Gasteiger partial charge is 0.274 e. The van der Waals surface area contributed by atoms with Crippen molar-refractivity contribution in [3.8, 4) is 0 Å². The van der Waals surface area contributed by atoms with Crippen molar-refractivity contribution in [1.82, 2.24) is 15.1 Å². The van der Waals surface area contributed by atoms with Gasteiger partial charge < -0.3 is 10.6 Å². The Morgan fingerprint density at radius 2 is 1.70 bits per heavy atom. The van der Waals surface area contributed by atoms with Crippen molar-refractivity contribution in [2.75, 3.05) is 11.9 Å². The Morgan fingerprint density at radius 3 is 2.37 bits per heavy atom. The fourth-order valence-electron chi connectivity index (χ4n) is 2.79. The SMILES string of the molecule is CC(C)n1nc(C(=O)NCC(=O)Nc2ccc(F)c(F)c2F)c2ccccc2c1=O. The number of carbonyl (C=O) groups excluding carboxylic acids is 2. The number of hydrogen-bond donors (Lipinski definition) is 2. The predicted octanol–water partition coefficient (Wildman–Crippen LogP) is 2.76. The van der Waals surface area contributed by atoms with Crippen LogP contribution in [0.3, 0.4) is 0 Å². The van der Waals surface area contributed by atoms with E-state index >= 15 is 0 Å². The molecule has 1 heterocycles. The number of aromatic nitrogens is 2. The Morgan fingerprint density at radius 1 is 1.03 bits per heavy atom. The van der Waals surface area contributed by atoms with Crippen LogP contribution in [-0.2, 0) is 4.79 Å². The summed E-state index contributed by atoms with van der Waals surface area (Å²) < 4.78 is 41.0. The highest BCUT2D eigenvalue weighted by Gasteiger charge is 2.19. The summed E-state index contributed by atoms with van der Waals surface area (Å²) in [5, 5.41) is 9.08. The van der Waals surface area contributed by atoms with Crippen LogP contribution in [-0.4, -0.2) is 28.1 Å². The fraction of sp³-hybridized carbons (Fsp3) is 0.200. The molecule has 2 amide bonds. The minimum atomic E-state index is -1.72. The maximum absolute atomic E-state index is 13.7. The molecule has 156 valence electrons. The van der Waals surface area contributed by atoms with Gasteiger partial charge in [0, 0.05) is 5.39 Å². The van der Waals surface area contributed by atoms with Crippen molar-refractivity contribution in [1.29, 1.82) is 0 Å². The molecule has 0 aliphatic rings. The summed E-state index contributed by atoms with van der Waals surface area (Å²) in [4.78, 5) is 37.1. The summed E-state index contributed by atoms with van der Waals surface area (Å²) in [5.74, 6) is -6.26. The van der Waals surface area contributed by atoms with Crippen molar-refractivity contribution in [2.24, 2.45) is 0 Å². The van der Waals surface area contributed by atoms with E-state index in [2.05, 4.69) is 15.7 Å². The minimum Gasteiger partial charge on any atom is -0.342 e. The van der Waals surface area contributed by atoms with E-state index in [4.69, 9.17) is 0 Å². The lowest BCUT2D eigenvalue weighted by Crippen LogP contribution is -2.35. The van der Waals surface area contributed by atoms with Gasteiger partial charge in [0.25, 0.3) is 11.5 Å². The molecule has 3 aromatic rings. The third-order valence-electron chi connectivity index (χ3n) is 4.25. The van der Waals surface area contributed by atoms with Gasteiger partial charge in [-0.2, -0.15) is 5.10 Å². The van der Waals surface area contributed by atoms with Crippen LogP contribution < -0.4 is 16.2 Å². The average molecular weight is 418 g/mol. The molecule has 0 fully saturated rings. The van der Waals surface area contributed by atoms with Crippen LogP contribution in [0.2, 0.25) is 0 Å². The molecule has 2 N–H and O–H groups in total. The van der Waals surface area contributed by atoms with Gasteiger partial charge >= 0.3 is 0 Å². The number of carbonyl (C=O) groups is 2. The molecule has 0 spiro atoms. The van der Waals surface area contributed by atoms with Gasteiger partial charge in [0.05, 0.1) is 23.7 Å². The van der Waals surface area contributed by atoms with Gasteiger partial charge in [-0.05, 0) is 32.0 Å². The maximum Gasteiger partial charge on any atom is 0.274 e. The van der Waals surface area contributed by atoms with E-state index in [-0.39, 0.29) is 17.3 Å². The van der Waals surface area contributed by atoms with Crippen molar-refractivity contribution in [3.63, 3.8) is 0 Å². The van der Waals surface area contributed by atoms with Crippen LogP contribution in [0, 0.1) is 17.5 Å². The van der Waals surface area contributed by atoms with E-state index < -0.39 is 41.5 Å². The quantitative estimate of drug-likeness (QED) is 0.623. The normalized spacial score (nSPS) is 11.0. The first kappa shape index (κ1) is 21.0. The zero-order valence-corrected chi connectivity index (χ0v) is 16.0. The number of nitrogens with zero attached hydrogens (tertiary/aromatic N) is 2. The Bertz CT molecular complexity index is 1210. The number of benzene rings is 2. The van der Waals surface area contributed by atoms with Crippen LogP contribution in [0.25, 0.3) is 10.8 Å². The summed E-state index contributed by atoms with van der Waals surface area (Å²) in [7, 11) is 0. The molecule has 1 aromatic heterocycles. The Labute approximate surface area is 168 Å². The molecule has 0 saturated carbocycles.